The summed E-state index contributed by atoms with van der Waals surface area (Å²) in [5, 5.41) is 2.77. The third kappa shape index (κ3) is 5.74. The highest BCUT2D eigenvalue weighted by molar-refractivity contribution is 5.59. The van der Waals surface area contributed by atoms with E-state index in [9.17, 15) is 17.6 Å². The Morgan fingerprint density at radius 2 is 1.90 bits per heavy atom. The minimum atomic E-state index is -4.77. The van der Waals surface area contributed by atoms with Crippen molar-refractivity contribution in [3.8, 4) is 5.75 Å². The van der Waals surface area contributed by atoms with E-state index in [1.807, 2.05) is 4.90 Å². The first-order valence-corrected chi connectivity index (χ1v) is 14.6. The molecule has 3 N–H and O–H groups in total. The Hall–Kier alpha value is -2.77. The van der Waals surface area contributed by atoms with E-state index in [2.05, 4.69) is 34.0 Å². The van der Waals surface area contributed by atoms with Gasteiger partial charge in [-0.1, -0.05) is 0 Å². The Kier molecular flexibility index (Phi) is 7.72. The first-order chi connectivity index (χ1) is 19.9. The van der Waals surface area contributed by atoms with Crippen LogP contribution in [0.4, 0.5) is 39.4 Å². The molecule has 13 heteroatoms. The fraction of sp³-hybridized carbons (Fsp3) is 0.655. The summed E-state index contributed by atoms with van der Waals surface area (Å²) in [6, 6.07) is 3.87. The second-order valence-electron chi connectivity index (χ2n) is 12.6. The van der Waals surface area contributed by atoms with Gasteiger partial charge >= 0.3 is 6.18 Å². The van der Waals surface area contributed by atoms with E-state index in [-0.39, 0.29) is 53.6 Å². The number of likely N-dealkylation sites (tertiary alicyclic amines) is 1. The van der Waals surface area contributed by atoms with Gasteiger partial charge in [-0.25, -0.2) is 13.8 Å². The van der Waals surface area contributed by atoms with Crippen LogP contribution in [0.15, 0.2) is 18.2 Å². The molecule has 5 heterocycles. The van der Waals surface area contributed by atoms with Crippen molar-refractivity contribution in [3.63, 3.8) is 0 Å². The minimum Gasteiger partial charge on any atom is -0.487 e. The van der Waals surface area contributed by atoms with Crippen molar-refractivity contribution in [2.45, 2.75) is 87.9 Å². The molecule has 0 unspecified atom stereocenters. The van der Waals surface area contributed by atoms with E-state index in [0.29, 0.717) is 32.2 Å². The lowest BCUT2D eigenvalue weighted by molar-refractivity contribution is -0.140. The molecule has 4 fully saturated rings. The number of hydrogen-bond acceptors (Lipinski definition) is 8. The van der Waals surface area contributed by atoms with Gasteiger partial charge in [-0.2, -0.15) is 18.2 Å². The van der Waals surface area contributed by atoms with Crippen molar-refractivity contribution < 1.29 is 31.4 Å². The Bertz CT molecular complexity index is 1310. The summed E-state index contributed by atoms with van der Waals surface area (Å²) in [5.74, 6) is -1.80. The minimum absolute atomic E-state index is 0.0224. The Morgan fingerprint density at radius 1 is 1.12 bits per heavy atom. The quantitative estimate of drug-likeness (QED) is 0.436. The molecule has 230 valence electrons. The van der Waals surface area contributed by atoms with Gasteiger partial charge in [-0.05, 0) is 70.7 Å². The molecule has 8 nitrogen and oxygen atoms in total. The van der Waals surface area contributed by atoms with Gasteiger partial charge in [0.05, 0.1) is 30.5 Å². The van der Waals surface area contributed by atoms with E-state index in [4.69, 9.17) is 15.2 Å². The maximum atomic E-state index is 15.2. The number of halogens is 5. The van der Waals surface area contributed by atoms with Crippen molar-refractivity contribution in [2.75, 3.05) is 43.9 Å². The molecule has 4 atom stereocenters. The van der Waals surface area contributed by atoms with Gasteiger partial charge < -0.3 is 20.5 Å². The Labute approximate surface area is 241 Å². The van der Waals surface area contributed by atoms with Crippen molar-refractivity contribution in [1.82, 2.24) is 19.8 Å². The predicted molar refractivity (Wildman–Crippen MR) is 147 cm³/mol. The van der Waals surface area contributed by atoms with Crippen LogP contribution in [-0.2, 0) is 10.9 Å². The van der Waals surface area contributed by atoms with Crippen LogP contribution >= 0.6 is 0 Å². The lowest BCUT2D eigenvalue weighted by Gasteiger charge is -2.47. The van der Waals surface area contributed by atoms with E-state index < -0.39 is 35.6 Å². The maximum absolute atomic E-state index is 15.2. The molecule has 1 aromatic heterocycles. The fourth-order valence-corrected chi connectivity index (χ4v) is 7.06. The molecule has 42 heavy (non-hydrogen) atoms. The number of nitrogens with zero attached hydrogens (tertiary/aromatic N) is 4. The molecule has 4 aliphatic rings. The standard InChI is InChI=1S/C29H37F5N6O2/c1-28(2)12-16(10-18-4-3-8-40(18)28)25-24(31)26(35)38-27(37-25)36-17-5-6-22(20(11-17)29(32,33)34)42-23-7-9-39(13-21(23)30)19-14-41-15-19/h5-6,11,16,18-19,21,23H,3-4,7-10,12-15H2,1-2H3,(H3,35,36,37,38)/t16-,18+,21-,23-/m1/s1. The van der Waals surface area contributed by atoms with Crippen molar-refractivity contribution in [1.29, 1.82) is 0 Å². The highest BCUT2D eigenvalue weighted by atomic mass is 19.4. The highest BCUT2D eigenvalue weighted by Gasteiger charge is 2.45. The predicted octanol–water partition coefficient (Wildman–Crippen LogP) is 5.27. The molecule has 4 saturated heterocycles. The summed E-state index contributed by atoms with van der Waals surface area (Å²) < 4.78 is 83.3. The first-order valence-electron chi connectivity index (χ1n) is 14.6. The average molecular weight is 597 g/mol. The SMILES string of the molecule is CC1(C)C[C@H](c2nc(Nc3ccc(O[C@@H]4CCN(C5COC5)C[C@H]4F)c(C(F)(F)F)c3)nc(N)c2F)C[C@@H]2CCCN21. The van der Waals surface area contributed by atoms with E-state index in [1.165, 1.54) is 6.07 Å². The van der Waals surface area contributed by atoms with E-state index >= 15 is 4.39 Å². The molecule has 2 aromatic rings. The topological polar surface area (TPSA) is 88.8 Å². The monoisotopic (exact) mass is 596 g/mol. The van der Waals surface area contributed by atoms with Crippen molar-refractivity contribution in [3.05, 3.63) is 35.3 Å². The number of ether oxygens (including phenoxy) is 2. The number of nitrogens with one attached hydrogen (secondary N) is 1. The number of fused-ring (bicyclic) bond motifs is 1. The zero-order valence-corrected chi connectivity index (χ0v) is 23.8. The van der Waals surface area contributed by atoms with E-state index in [0.717, 1.165) is 37.9 Å². The smallest absolute Gasteiger partial charge is 0.420 e. The number of aromatic nitrogens is 2. The number of nitrogen functional groups attached to an aromatic ring is 1. The fourth-order valence-electron chi connectivity index (χ4n) is 7.06. The molecular weight excluding hydrogens is 559 g/mol. The first kappa shape index (κ1) is 29.3. The van der Waals surface area contributed by atoms with Gasteiger partial charge in [0, 0.05) is 36.3 Å². The number of alkyl halides is 4. The molecule has 0 bridgehead atoms. The van der Waals surface area contributed by atoms with Gasteiger partial charge in [0.1, 0.15) is 18.0 Å². The zero-order chi connectivity index (χ0) is 29.8. The van der Waals surface area contributed by atoms with E-state index in [1.54, 1.807) is 0 Å². The van der Waals surface area contributed by atoms with Crippen molar-refractivity contribution >= 4 is 17.5 Å². The van der Waals surface area contributed by atoms with Crippen LogP contribution in [0.2, 0.25) is 0 Å². The highest BCUT2D eigenvalue weighted by Crippen LogP contribution is 2.45. The molecule has 6 rings (SSSR count). The van der Waals surface area contributed by atoms with Crippen LogP contribution in [0, 0.1) is 5.82 Å². The summed E-state index contributed by atoms with van der Waals surface area (Å²) >= 11 is 0. The van der Waals surface area contributed by atoms with Gasteiger partial charge in [0.15, 0.2) is 11.6 Å². The molecule has 0 spiro atoms. The number of nitrogens with two attached hydrogens (primary N) is 1. The number of anilines is 3. The number of hydrogen-bond donors (Lipinski definition) is 2. The normalized spacial score (nSPS) is 28.7. The van der Waals surface area contributed by atoms with Crippen molar-refractivity contribution in [2.24, 2.45) is 0 Å². The second-order valence-corrected chi connectivity index (χ2v) is 12.6. The van der Waals surface area contributed by atoms with Gasteiger partial charge in [-0.15, -0.1) is 0 Å². The summed E-state index contributed by atoms with van der Waals surface area (Å²) in [6.07, 6.45) is -3.43. The summed E-state index contributed by atoms with van der Waals surface area (Å²) in [4.78, 5) is 12.8. The number of rotatable bonds is 6. The third-order valence-corrected chi connectivity index (χ3v) is 9.22. The Balaban J connectivity index is 1.21. The lowest BCUT2D eigenvalue weighted by atomic mass is 9.78. The number of benzene rings is 1. The molecule has 0 saturated carbocycles. The summed E-state index contributed by atoms with van der Waals surface area (Å²) in [5.41, 5.74) is 4.91. The van der Waals surface area contributed by atoms with Crippen LogP contribution in [0.1, 0.15) is 63.1 Å². The summed E-state index contributed by atoms with van der Waals surface area (Å²) in [7, 11) is 0. The van der Waals surface area contributed by atoms with Gasteiger partial charge in [0.25, 0.3) is 0 Å². The van der Waals surface area contributed by atoms with Gasteiger partial charge in [0.2, 0.25) is 5.95 Å². The summed E-state index contributed by atoms with van der Waals surface area (Å²) in [6.45, 7) is 6.96. The van der Waals surface area contributed by atoms with Crippen LogP contribution in [-0.4, -0.2) is 82.5 Å². The molecular formula is C29H37F5N6O2. The maximum Gasteiger partial charge on any atom is 0.420 e. The average Bonchev–Trinajstić information content (AvgIpc) is 3.36. The Morgan fingerprint density at radius 3 is 2.60 bits per heavy atom. The number of piperidine rings is 2. The van der Waals surface area contributed by atoms with Crippen LogP contribution in [0.3, 0.4) is 0 Å². The molecule has 0 aliphatic carbocycles. The van der Waals surface area contributed by atoms with Crippen LogP contribution in [0.5, 0.6) is 5.75 Å². The van der Waals surface area contributed by atoms with Gasteiger partial charge in [-0.3, -0.25) is 9.80 Å². The largest absolute Gasteiger partial charge is 0.487 e. The molecule has 1 aromatic carbocycles. The van der Waals surface area contributed by atoms with Crippen LogP contribution < -0.4 is 15.8 Å². The third-order valence-electron chi connectivity index (χ3n) is 9.22. The zero-order valence-electron chi connectivity index (χ0n) is 23.8. The second kappa shape index (κ2) is 11.1. The molecule has 0 amide bonds. The lowest BCUT2D eigenvalue weighted by Crippen LogP contribution is -2.56. The molecule has 4 aliphatic heterocycles. The molecule has 0 radical (unpaired) electrons. The van der Waals surface area contributed by atoms with Crippen LogP contribution in [0.25, 0.3) is 0 Å².